The van der Waals surface area contributed by atoms with E-state index in [0.29, 0.717) is 16.8 Å². The number of hydrogen-bond donors (Lipinski definition) is 1. The molecule has 0 aliphatic rings. The monoisotopic (exact) mass is 353 g/mol. The second-order valence-electron chi connectivity index (χ2n) is 7.13. The van der Waals surface area contributed by atoms with E-state index >= 15 is 0 Å². The van der Waals surface area contributed by atoms with Crippen molar-refractivity contribution < 1.29 is 19.4 Å². The minimum Gasteiger partial charge on any atom is -0.497 e. The summed E-state index contributed by atoms with van der Waals surface area (Å²) in [5.74, 6) is 0.654. The number of rotatable bonds is 3. The molecule has 5 nitrogen and oxygen atoms in total. The van der Waals surface area contributed by atoms with Gasteiger partial charge in [-0.25, -0.2) is 4.79 Å². The van der Waals surface area contributed by atoms with Gasteiger partial charge in [-0.05, 0) is 44.5 Å². The molecule has 1 aromatic heterocycles. The zero-order valence-corrected chi connectivity index (χ0v) is 15.4. The van der Waals surface area contributed by atoms with Crippen LogP contribution in [0.4, 0.5) is 4.79 Å². The van der Waals surface area contributed by atoms with Gasteiger partial charge in [0.1, 0.15) is 17.5 Å². The predicted molar refractivity (Wildman–Crippen MR) is 101 cm³/mol. The summed E-state index contributed by atoms with van der Waals surface area (Å²) in [6, 6.07) is 14.7. The summed E-state index contributed by atoms with van der Waals surface area (Å²) in [6.07, 6.45) is 0.282. The largest absolute Gasteiger partial charge is 0.497 e. The number of ether oxygens (including phenoxy) is 2. The zero-order valence-electron chi connectivity index (χ0n) is 15.4. The van der Waals surface area contributed by atoms with Gasteiger partial charge in [-0.3, -0.25) is 4.57 Å². The van der Waals surface area contributed by atoms with Crippen LogP contribution < -0.4 is 4.74 Å². The molecule has 5 heteroatoms. The Morgan fingerprint density at radius 1 is 1.12 bits per heavy atom. The summed E-state index contributed by atoms with van der Waals surface area (Å²) in [5.41, 5.74) is 1.41. The van der Waals surface area contributed by atoms with Crippen molar-refractivity contribution in [1.82, 2.24) is 4.57 Å². The predicted octanol–water partition coefficient (Wildman–Crippen LogP) is 4.51. The van der Waals surface area contributed by atoms with Crippen molar-refractivity contribution in [1.29, 1.82) is 0 Å². The highest BCUT2D eigenvalue weighted by molar-refractivity contribution is 5.93. The number of benzene rings is 2. The molecule has 0 aliphatic heterocycles. The minimum absolute atomic E-state index is 0.487. The van der Waals surface area contributed by atoms with Gasteiger partial charge in [0.15, 0.2) is 0 Å². The number of methoxy groups -OCH3 is 1. The average molecular weight is 353 g/mol. The van der Waals surface area contributed by atoms with Crippen LogP contribution in [0.1, 0.15) is 38.0 Å². The van der Waals surface area contributed by atoms with Crippen LogP contribution in [0.15, 0.2) is 54.7 Å². The van der Waals surface area contributed by atoms with Gasteiger partial charge in [-0.1, -0.05) is 30.3 Å². The topological polar surface area (TPSA) is 60.7 Å². The van der Waals surface area contributed by atoms with Gasteiger partial charge in [0.05, 0.1) is 12.6 Å². The van der Waals surface area contributed by atoms with Gasteiger partial charge in [0.2, 0.25) is 0 Å². The first-order valence-corrected chi connectivity index (χ1v) is 8.45. The molecule has 3 rings (SSSR count). The molecule has 1 atom stereocenters. The van der Waals surface area contributed by atoms with Crippen molar-refractivity contribution in [3.05, 3.63) is 65.9 Å². The molecule has 26 heavy (non-hydrogen) atoms. The number of aromatic nitrogens is 1. The van der Waals surface area contributed by atoms with Gasteiger partial charge < -0.3 is 14.6 Å². The Balaban J connectivity index is 2.14. The minimum atomic E-state index is -0.866. The van der Waals surface area contributed by atoms with Crippen LogP contribution >= 0.6 is 0 Å². The molecule has 3 aromatic rings. The fourth-order valence-electron chi connectivity index (χ4n) is 2.86. The highest BCUT2D eigenvalue weighted by Crippen LogP contribution is 2.33. The van der Waals surface area contributed by atoms with E-state index in [2.05, 4.69) is 0 Å². The van der Waals surface area contributed by atoms with Crippen molar-refractivity contribution in [3.8, 4) is 5.75 Å². The number of aliphatic hydroxyl groups excluding tert-OH is 1. The zero-order chi connectivity index (χ0) is 18.9. The van der Waals surface area contributed by atoms with E-state index in [4.69, 9.17) is 9.47 Å². The maximum atomic E-state index is 12.6. The van der Waals surface area contributed by atoms with E-state index in [1.165, 1.54) is 4.57 Å². The van der Waals surface area contributed by atoms with Crippen LogP contribution in [-0.2, 0) is 4.74 Å². The first kappa shape index (κ1) is 18.0. The molecule has 0 spiro atoms. The fourth-order valence-corrected chi connectivity index (χ4v) is 2.86. The standard InChI is InChI=1S/C21H23NO4/c1-21(2,3)26-20(24)22-13-17(19(23)14-8-6-5-7-9-14)16-12-15(25-4)10-11-18(16)22/h5-13,19,23H,1-4H3. The third-order valence-corrected chi connectivity index (χ3v) is 4.04. The number of nitrogens with zero attached hydrogens (tertiary/aromatic N) is 1. The Labute approximate surface area is 152 Å². The highest BCUT2D eigenvalue weighted by Gasteiger charge is 2.24. The first-order chi connectivity index (χ1) is 12.3. The summed E-state index contributed by atoms with van der Waals surface area (Å²) in [6.45, 7) is 5.46. The number of carbonyl (C=O) groups is 1. The lowest BCUT2D eigenvalue weighted by Gasteiger charge is -2.19. The maximum Gasteiger partial charge on any atom is 0.419 e. The molecule has 0 aliphatic carbocycles. The van der Waals surface area contributed by atoms with Crippen LogP contribution in [-0.4, -0.2) is 28.5 Å². The fraction of sp³-hybridized carbons (Fsp3) is 0.286. The van der Waals surface area contributed by atoms with E-state index in [9.17, 15) is 9.90 Å². The molecule has 0 bridgehead atoms. The van der Waals surface area contributed by atoms with Crippen LogP contribution in [0.2, 0.25) is 0 Å². The summed E-state index contributed by atoms with van der Waals surface area (Å²) >= 11 is 0. The lowest BCUT2D eigenvalue weighted by Crippen LogP contribution is -2.26. The molecule has 1 N–H and O–H groups in total. The van der Waals surface area contributed by atoms with Gasteiger partial charge in [0, 0.05) is 17.1 Å². The van der Waals surface area contributed by atoms with Crippen LogP contribution in [0.3, 0.4) is 0 Å². The van der Waals surface area contributed by atoms with Gasteiger partial charge in [-0.2, -0.15) is 0 Å². The van der Waals surface area contributed by atoms with E-state index in [1.54, 1.807) is 25.4 Å². The molecule has 2 aromatic carbocycles. The summed E-state index contributed by atoms with van der Waals surface area (Å²) in [5, 5.41) is 11.6. The normalized spacial score (nSPS) is 12.8. The molecule has 0 saturated carbocycles. The van der Waals surface area contributed by atoms with Crippen LogP contribution in [0, 0.1) is 0 Å². The van der Waals surface area contributed by atoms with Crippen molar-refractivity contribution >= 4 is 17.0 Å². The van der Waals surface area contributed by atoms with Gasteiger partial charge in [-0.15, -0.1) is 0 Å². The van der Waals surface area contributed by atoms with Crippen LogP contribution in [0.25, 0.3) is 10.9 Å². The molecule has 0 radical (unpaired) electrons. The Hall–Kier alpha value is -2.79. The molecule has 136 valence electrons. The highest BCUT2D eigenvalue weighted by atomic mass is 16.6. The van der Waals surface area contributed by atoms with E-state index in [0.717, 1.165) is 10.9 Å². The summed E-state index contributed by atoms with van der Waals surface area (Å²) < 4.78 is 12.2. The quantitative estimate of drug-likeness (QED) is 0.752. The number of aliphatic hydroxyl groups is 1. The molecule has 1 heterocycles. The summed E-state index contributed by atoms with van der Waals surface area (Å²) in [7, 11) is 1.58. The summed E-state index contributed by atoms with van der Waals surface area (Å²) in [4.78, 5) is 12.6. The molecule has 0 saturated heterocycles. The van der Waals surface area contributed by atoms with E-state index in [1.807, 2.05) is 57.2 Å². The maximum absolute atomic E-state index is 12.6. The van der Waals surface area contributed by atoms with E-state index in [-0.39, 0.29) is 0 Å². The average Bonchev–Trinajstić information content (AvgIpc) is 2.99. The molecular weight excluding hydrogens is 330 g/mol. The van der Waals surface area contributed by atoms with Gasteiger partial charge >= 0.3 is 6.09 Å². The third-order valence-electron chi connectivity index (χ3n) is 4.04. The van der Waals surface area contributed by atoms with Crippen molar-refractivity contribution in [3.63, 3.8) is 0 Å². The number of carbonyl (C=O) groups excluding carboxylic acids is 1. The SMILES string of the molecule is COc1ccc2c(c1)c(C(O)c1ccccc1)cn2C(=O)OC(C)(C)C. The Bertz CT molecular complexity index is 922. The second kappa shape index (κ2) is 6.84. The third kappa shape index (κ3) is 3.58. The first-order valence-electron chi connectivity index (χ1n) is 8.45. The smallest absolute Gasteiger partial charge is 0.419 e. The Morgan fingerprint density at radius 3 is 2.42 bits per heavy atom. The van der Waals surface area contributed by atoms with Gasteiger partial charge in [0.25, 0.3) is 0 Å². The lowest BCUT2D eigenvalue weighted by molar-refractivity contribution is 0.0544. The van der Waals surface area contributed by atoms with Crippen molar-refractivity contribution in [2.45, 2.75) is 32.5 Å². The number of fused-ring (bicyclic) bond motifs is 1. The second-order valence-corrected chi connectivity index (χ2v) is 7.13. The molecule has 0 amide bonds. The molecule has 1 unspecified atom stereocenters. The van der Waals surface area contributed by atoms with E-state index < -0.39 is 17.8 Å². The molecular formula is C21H23NO4. The Kier molecular flexibility index (Phi) is 4.74. The van der Waals surface area contributed by atoms with Crippen molar-refractivity contribution in [2.24, 2.45) is 0 Å². The number of hydrogen-bond acceptors (Lipinski definition) is 4. The molecule has 0 fully saturated rings. The van der Waals surface area contributed by atoms with Crippen LogP contribution in [0.5, 0.6) is 5.75 Å². The Morgan fingerprint density at radius 2 is 1.81 bits per heavy atom. The van der Waals surface area contributed by atoms with Crippen molar-refractivity contribution in [2.75, 3.05) is 7.11 Å². The lowest BCUT2D eigenvalue weighted by atomic mass is 10.0.